The number of fused-ring (bicyclic) bond motifs is 1. The van der Waals surface area contributed by atoms with E-state index in [4.69, 9.17) is 4.74 Å². The molecule has 0 radical (unpaired) electrons. The Bertz CT molecular complexity index is 974. The second-order valence-corrected chi connectivity index (χ2v) is 6.29. The van der Waals surface area contributed by atoms with Gasteiger partial charge in [-0.3, -0.25) is 9.59 Å². The van der Waals surface area contributed by atoms with E-state index in [1.54, 1.807) is 24.3 Å². The lowest BCUT2D eigenvalue weighted by molar-refractivity contribution is -0.126. The van der Waals surface area contributed by atoms with Crippen LogP contribution in [0.5, 0.6) is 5.88 Å². The number of para-hydroxylation sites is 1. The third kappa shape index (κ3) is 3.21. The second kappa shape index (κ2) is 7.06. The number of hydrogen-bond acceptors (Lipinski definition) is 6. The van der Waals surface area contributed by atoms with Gasteiger partial charge in [0.15, 0.2) is 5.82 Å². The number of rotatable bonds is 4. The molecule has 4 rings (SSSR count). The molecule has 0 saturated carbocycles. The van der Waals surface area contributed by atoms with Crippen LogP contribution in [0.4, 0.5) is 5.82 Å². The van der Waals surface area contributed by atoms with E-state index in [2.05, 4.69) is 15.2 Å². The van der Waals surface area contributed by atoms with Gasteiger partial charge in [-0.25, -0.2) is 0 Å². The van der Waals surface area contributed by atoms with Crippen LogP contribution >= 0.6 is 0 Å². The lowest BCUT2D eigenvalue weighted by Gasteiger charge is -2.34. The highest BCUT2D eigenvalue weighted by Gasteiger charge is 2.28. The number of amides is 1. The molecule has 1 fully saturated rings. The predicted octanol–water partition coefficient (Wildman–Crippen LogP) is 1.50. The standard InChI is InChI=1S/C19H19N5O3/c1-27-17-7-6-16(21-22-17)23-8-10-24(11-9-23)19(26)18(25)14-12-20-15-5-3-2-4-13(14)15/h2-7,12,20H,8-11H2,1H3. The summed E-state index contributed by atoms with van der Waals surface area (Å²) in [5.41, 5.74) is 1.26. The van der Waals surface area contributed by atoms with Gasteiger partial charge in [-0.2, -0.15) is 0 Å². The minimum atomic E-state index is -0.481. The molecule has 2 aromatic heterocycles. The number of piperazine rings is 1. The zero-order valence-electron chi connectivity index (χ0n) is 14.9. The summed E-state index contributed by atoms with van der Waals surface area (Å²) >= 11 is 0. The highest BCUT2D eigenvalue weighted by molar-refractivity contribution is 6.44. The number of carbonyl (C=O) groups is 2. The summed E-state index contributed by atoms with van der Waals surface area (Å²) in [6, 6.07) is 11.0. The van der Waals surface area contributed by atoms with Crippen LogP contribution in [0.1, 0.15) is 10.4 Å². The molecular weight excluding hydrogens is 346 g/mol. The molecular formula is C19H19N5O3. The van der Waals surface area contributed by atoms with E-state index in [1.165, 1.54) is 0 Å². The molecule has 8 nitrogen and oxygen atoms in total. The van der Waals surface area contributed by atoms with Gasteiger partial charge in [0.25, 0.3) is 11.7 Å². The molecule has 0 unspecified atom stereocenters. The molecule has 27 heavy (non-hydrogen) atoms. The molecule has 1 amide bonds. The van der Waals surface area contributed by atoms with Crippen LogP contribution in [0.25, 0.3) is 10.9 Å². The summed E-state index contributed by atoms with van der Waals surface area (Å²) in [5, 5.41) is 8.86. The maximum absolute atomic E-state index is 12.7. The minimum Gasteiger partial charge on any atom is -0.480 e. The molecule has 138 valence electrons. The predicted molar refractivity (Wildman–Crippen MR) is 100 cm³/mol. The van der Waals surface area contributed by atoms with Gasteiger partial charge in [-0.05, 0) is 12.1 Å². The number of carbonyl (C=O) groups excluding carboxylic acids is 2. The highest BCUT2D eigenvalue weighted by Crippen LogP contribution is 2.20. The maximum atomic E-state index is 12.7. The number of benzene rings is 1. The Morgan fingerprint density at radius 1 is 1.04 bits per heavy atom. The summed E-state index contributed by atoms with van der Waals surface area (Å²) in [6.45, 7) is 2.10. The number of nitrogens with zero attached hydrogens (tertiary/aromatic N) is 4. The summed E-state index contributed by atoms with van der Waals surface area (Å²) < 4.78 is 5.01. The van der Waals surface area contributed by atoms with Crippen molar-refractivity contribution >= 4 is 28.4 Å². The average Bonchev–Trinajstić information content (AvgIpc) is 3.17. The van der Waals surface area contributed by atoms with Crippen molar-refractivity contribution in [2.45, 2.75) is 0 Å². The molecule has 1 aliphatic heterocycles. The zero-order chi connectivity index (χ0) is 18.8. The Labute approximate surface area is 155 Å². The maximum Gasteiger partial charge on any atom is 0.295 e. The number of Topliss-reactive ketones (excluding diaryl/α,β-unsaturated/α-hetero) is 1. The average molecular weight is 365 g/mol. The van der Waals surface area contributed by atoms with Gasteiger partial charge in [0.05, 0.1) is 12.7 Å². The third-order valence-electron chi connectivity index (χ3n) is 4.75. The van der Waals surface area contributed by atoms with Crippen LogP contribution in [0.3, 0.4) is 0 Å². The van der Waals surface area contributed by atoms with Crippen LogP contribution in [0.15, 0.2) is 42.6 Å². The quantitative estimate of drug-likeness (QED) is 0.556. The van der Waals surface area contributed by atoms with Crippen molar-refractivity contribution in [2.75, 3.05) is 38.2 Å². The number of aromatic amines is 1. The van der Waals surface area contributed by atoms with Crippen molar-refractivity contribution in [3.8, 4) is 5.88 Å². The number of anilines is 1. The summed E-state index contributed by atoms with van der Waals surface area (Å²) in [4.78, 5) is 32.0. The van der Waals surface area contributed by atoms with E-state index < -0.39 is 11.7 Å². The number of H-pyrrole nitrogens is 1. The van der Waals surface area contributed by atoms with Crippen molar-refractivity contribution < 1.29 is 14.3 Å². The molecule has 1 N–H and O–H groups in total. The van der Waals surface area contributed by atoms with E-state index in [0.29, 0.717) is 37.6 Å². The fourth-order valence-corrected chi connectivity index (χ4v) is 3.25. The molecule has 0 atom stereocenters. The third-order valence-corrected chi connectivity index (χ3v) is 4.75. The smallest absolute Gasteiger partial charge is 0.295 e. The SMILES string of the molecule is COc1ccc(N2CCN(C(=O)C(=O)c3c[nH]c4ccccc34)CC2)nn1. The number of aromatic nitrogens is 3. The van der Waals surface area contributed by atoms with E-state index in [9.17, 15) is 9.59 Å². The Balaban J connectivity index is 1.42. The van der Waals surface area contributed by atoms with Crippen molar-refractivity contribution in [1.82, 2.24) is 20.1 Å². The number of ether oxygens (including phenoxy) is 1. The number of ketones is 1. The molecule has 8 heteroatoms. The van der Waals surface area contributed by atoms with Crippen molar-refractivity contribution in [2.24, 2.45) is 0 Å². The monoisotopic (exact) mass is 365 g/mol. The van der Waals surface area contributed by atoms with Gasteiger partial charge in [-0.15, -0.1) is 10.2 Å². The second-order valence-electron chi connectivity index (χ2n) is 6.29. The van der Waals surface area contributed by atoms with E-state index in [0.717, 1.165) is 16.7 Å². The van der Waals surface area contributed by atoms with Gasteiger partial charge < -0.3 is 19.5 Å². The van der Waals surface area contributed by atoms with E-state index >= 15 is 0 Å². The first kappa shape index (κ1) is 17.0. The fraction of sp³-hybridized carbons (Fsp3) is 0.263. The first-order valence-electron chi connectivity index (χ1n) is 8.70. The molecule has 3 heterocycles. The fourth-order valence-electron chi connectivity index (χ4n) is 3.25. The molecule has 1 saturated heterocycles. The Hall–Kier alpha value is -3.42. The van der Waals surface area contributed by atoms with Crippen LogP contribution in [-0.4, -0.2) is 65.1 Å². The zero-order valence-corrected chi connectivity index (χ0v) is 14.9. The lowest BCUT2D eigenvalue weighted by atomic mass is 10.1. The summed E-state index contributed by atoms with van der Waals surface area (Å²) in [5.74, 6) is 0.230. The largest absolute Gasteiger partial charge is 0.480 e. The van der Waals surface area contributed by atoms with Crippen LogP contribution in [0.2, 0.25) is 0 Å². The van der Waals surface area contributed by atoms with Gasteiger partial charge in [0.1, 0.15) is 0 Å². The molecule has 0 aliphatic carbocycles. The van der Waals surface area contributed by atoms with Gasteiger partial charge >= 0.3 is 0 Å². The number of nitrogens with one attached hydrogen (secondary N) is 1. The normalized spacial score (nSPS) is 14.4. The van der Waals surface area contributed by atoms with E-state index in [1.807, 2.05) is 35.2 Å². The van der Waals surface area contributed by atoms with Crippen LogP contribution < -0.4 is 9.64 Å². The lowest BCUT2D eigenvalue weighted by Crippen LogP contribution is -2.50. The summed E-state index contributed by atoms with van der Waals surface area (Å²) in [7, 11) is 1.54. The van der Waals surface area contributed by atoms with Crippen molar-refractivity contribution in [3.63, 3.8) is 0 Å². The molecule has 0 spiro atoms. The Morgan fingerprint density at radius 3 is 2.52 bits per heavy atom. The molecule has 1 aromatic carbocycles. The number of hydrogen-bond donors (Lipinski definition) is 1. The van der Waals surface area contributed by atoms with Gasteiger partial charge in [-0.1, -0.05) is 18.2 Å². The Kier molecular flexibility index (Phi) is 4.45. The minimum absolute atomic E-state index is 0.416. The molecule has 3 aromatic rings. The number of methoxy groups -OCH3 is 1. The van der Waals surface area contributed by atoms with E-state index in [-0.39, 0.29) is 0 Å². The van der Waals surface area contributed by atoms with Gasteiger partial charge in [0, 0.05) is 49.3 Å². The summed E-state index contributed by atoms with van der Waals surface area (Å²) in [6.07, 6.45) is 1.61. The first-order chi connectivity index (χ1) is 13.2. The van der Waals surface area contributed by atoms with Crippen LogP contribution in [0, 0.1) is 0 Å². The molecule has 0 bridgehead atoms. The van der Waals surface area contributed by atoms with Crippen molar-refractivity contribution in [1.29, 1.82) is 0 Å². The molecule has 1 aliphatic rings. The Morgan fingerprint density at radius 2 is 1.81 bits per heavy atom. The van der Waals surface area contributed by atoms with Gasteiger partial charge in [0.2, 0.25) is 5.88 Å². The van der Waals surface area contributed by atoms with Crippen LogP contribution in [-0.2, 0) is 4.79 Å². The highest BCUT2D eigenvalue weighted by atomic mass is 16.5. The first-order valence-corrected chi connectivity index (χ1v) is 8.70. The topological polar surface area (TPSA) is 91.4 Å². The van der Waals surface area contributed by atoms with Crippen molar-refractivity contribution in [3.05, 3.63) is 48.2 Å².